The molecular formula is C27H54NO3+. The highest BCUT2D eigenvalue weighted by molar-refractivity contribution is 5.85. The lowest BCUT2D eigenvalue weighted by molar-refractivity contribution is -0.890. The fourth-order valence-corrected chi connectivity index (χ4v) is 4.05. The molecule has 0 aliphatic rings. The van der Waals surface area contributed by atoms with E-state index in [4.69, 9.17) is 4.74 Å². The highest BCUT2D eigenvalue weighted by Gasteiger charge is 2.15. The summed E-state index contributed by atoms with van der Waals surface area (Å²) in [5.41, 5.74) is 0. The summed E-state index contributed by atoms with van der Waals surface area (Å²) in [6.07, 6.45) is 24.6. The average molecular weight is 441 g/mol. The number of quaternary nitrogens is 1. The van der Waals surface area contributed by atoms with Crippen LogP contribution in [0.5, 0.6) is 0 Å². The monoisotopic (exact) mass is 440 g/mol. The van der Waals surface area contributed by atoms with E-state index in [1.165, 1.54) is 115 Å². The van der Waals surface area contributed by atoms with Crippen LogP contribution >= 0.6 is 0 Å². The van der Waals surface area contributed by atoms with Gasteiger partial charge in [-0.1, -0.05) is 96.8 Å². The molecule has 0 aromatic heterocycles. The molecule has 0 unspecified atom stereocenters. The maximum atomic E-state index is 11.4. The minimum absolute atomic E-state index is 0.304. The number of hydrogen-bond donors (Lipinski definition) is 1. The van der Waals surface area contributed by atoms with Gasteiger partial charge in [0.25, 0.3) is 0 Å². The van der Waals surface area contributed by atoms with Crippen LogP contribution in [0.1, 0.15) is 123 Å². The molecule has 0 aromatic rings. The normalized spacial score (nSPS) is 12.3. The number of carbonyl (C=O) groups is 1. The Morgan fingerprint density at radius 1 is 0.710 bits per heavy atom. The summed E-state index contributed by atoms with van der Waals surface area (Å²) in [6.45, 7) is 6.44. The molecule has 0 fully saturated rings. The van der Waals surface area contributed by atoms with Crippen molar-refractivity contribution in [2.45, 2.75) is 123 Å². The van der Waals surface area contributed by atoms with E-state index in [1.54, 1.807) is 6.92 Å². The smallest absolute Gasteiger partial charge is 0.373 e. The van der Waals surface area contributed by atoms with Crippen molar-refractivity contribution in [2.75, 3.05) is 33.8 Å². The standard InChI is InChI=1S/C27H53NO3/c1-5-7-8-9-10-11-12-13-14-15-16-17-18-19-20-21-23-28(3,4)24-22-25-31-27(30)26(29)6-2/h6H,5,7-25H2,1-4H3/p+1. The molecule has 0 saturated heterocycles. The van der Waals surface area contributed by atoms with Gasteiger partial charge < -0.3 is 14.3 Å². The predicted molar refractivity (Wildman–Crippen MR) is 133 cm³/mol. The Morgan fingerprint density at radius 3 is 1.52 bits per heavy atom. The van der Waals surface area contributed by atoms with Gasteiger partial charge in [-0.15, -0.1) is 0 Å². The van der Waals surface area contributed by atoms with E-state index in [0.29, 0.717) is 6.61 Å². The van der Waals surface area contributed by atoms with Crippen LogP contribution in [0.15, 0.2) is 11.8 Å². The number of ether oxygens (including phenoxy) is 1. The summed E-state index contributed by atoms with van der Waals surface area (Å²) in [5, 5.41) is 9.28. The van der Waals surface area contributed by atoms with Gasteiger partial charge in [-0.25, -0.2) is 4.79 Å². The zero-order chi connectivity index (χ0) is 23.2. The molecule has 0 aliphatic heterocycles. The molecule has 0 saturated carbocycles. The Kier molecular flexibility index (Phi) is 20.2. The Hall–Kier alpha value is -1.03. The summed E-state index contributed by atoms with van der Waals surface area (Å²) in [6, 6.07) is 0. The largest absolute Gasteiger partial charge is 0.502 e. The van der Waals surface area contributed by atoms with Crippen molar-refractivity contribution < 1.29 is 19.1 Å². The maximum Gasteiger partial charge on any atom is 0.373 e. The highest BCUT2D eigenvalue weighted by atomic mass is 16.5. The fourth-order valence-electron chi connectivity index (χ4n) is 4.05. The number of carbonyl (C=O) groups excluding carboxylic acids is 1. The maximum absolute atomic E-state index is 11.4. The van der Waals surface area contributed by atoms with Crippen LogP contribution in [-0.2, 0) is 9.53 Å². The highest BCUT2D eigenvalue weighted by Crippen LogP contribution is 2.14. The summed E-state index contributed by atoms with van der Waals surface area (Å²) in [4.78, 5) is 11.4. The second-order valence-corrected chi connectivity index (χ2v) is 9.85. The van der Waals surface area contributed by atoms with Gasteiger partial charge in [0.1, 0.15) is 0 Å². The van der Waals surface area contributed by atoms with E-state index >= 15 is 0 Å². The second-order valence-electron chi connectivity index (χ2n) is 9.85. The minimum atomic E-state index is -0.620. The van der Waals surface area contributed by atoms with Crippen molar-refractivity contribution in [3.8, 4) is 0 Å². The third-order valence-corrected chi connectivity index (χ3v) is 6.24. The summed E-state index contributed by atoms with van der Waals surface area (Å²) >= 11 is 0. The van der Waals surface area contributed by atoms with Gasteiger partial charge in [-0.3, -0.25) is 0 Å². The summed E-state index contributed by atoms with van der Waals surface area (Å²) in [5.74, 6) is -0.924. The van der Waals surface area contributed by atoms with E-state index in [0.717, 1.165) is 17.4 Å². The first kappa shape index (κ1) is 30.0. The number of allylic oxidation sites excluding steroid dienone is 1. The number of aliphatic hydroxyl groups is 1. The Labute approximate surface area is 194 Å². The topological polar surface area (TPSA) is 46.5 Å². The van der Waals surface area contributed by atoms with Crippen molar-refractivity contribution in [2.24, 2.45) is 0 Å². The van der Waals surface area contributed by atoms with Crippen molar-refractivity contribution in [1.29, 1.82) is 0 Å². The Balaban J connectivity index is 3.39. The zero-order valence-corrected chi connectivity index (χ0v) is 21.4. The lowest BCUT2D eigenvalue weighted by atomic mass is 10.0. The van der Waals surface area contributed by atoms with Crippen LogP contribution in [0.2, 0.25) is 0 Å². The number of nitrogens with zero attached hydrogens (tertiary/aromatic N) is 1. The molecule has 0 heterocycles. The van der Waals surface area contributed by atoms with Crippen LogP contribution in [0.4, 0.5) is 0 Å². The van der Waals surface area contributed by atoms with Gasteiger partial charge in [0.2, 0.25) is 0 Å². The lowest BCUT2D eigenvalue weighted by Crippen LogP contribution is -2.41. The molecule has 0 aliphatic carbocycles. The van der Waals surface area contributed by atoms with Crippen molar-refractivity contribution in [1.82, 2.24) is 0 Å². The van der Waals surface area contributed by atoms with Crippen molar-refractivity contribution in [3.63, 3.8) is 0 Å². The van der Waals surface area contributed by atoms with E-state index in [9.17, 15) is 9.90 Å². The number of hydrogen-bond acceptors (Lipinski definition) is 3. The quantitative estimate of drug-likeness (QED) is 0.0616. The third-order valence-electron chi connectivity index (χ3n) is 6.24. The van der Waals surface area contributed by atoms with E-state index in [-0.39, 0.29) is 5.76 Å². The fraction of sp³-hybridized carbons (Fsp3) is 0.889. The minimum Gasteiger partial charge on any atom is -0.502 e. The van der Waals surface area contributed by atoms with Gasteiger partial charge in [-0.05, 0) is 25.8 Å². The molecule has 1 N–H and O–H groups in total. The molecule has 4 heteroatoms. The summed E-state index contributed by atoms with van der Waals surface area (Å²) < 4.78 is 6.02. The van der Waals surface area contributed by atoms with Crippen LogP contribution in [0.25, 0.3) is 0 Å². The first-order valence-electron chi connectivity index (χ1n) is 13.3. The average Bonchev–Trinajstić information content (AvgIpc) is 2.75. The van der Waals surface area contributed by atoms with Crippen LogP contribution in [-0.4, -0.2) is 49.4 Å². The van der Waals surface area contributed by atoms with E-state index in [1.807, 2.05) is 0 Å². The number of esters is 1. The zero-order valence-electron chi connectivity index (χ0n) is 21.4. The third kappa shape index (κ3) is 20.6. The Morgan fingerprint density at radius 2 is 1.10 bits per heavy atom. The van der Waals surface area contributed by atoms with E-state index in [2.05, 4.69) is 21.0 Å². The van der Waals surface area contributed by atoms with E-state index < -0.39 is 5.97 Å². The van der Waals surface area contributed by atoms with Crippen molar-refractivity contribution >= 4 is 5.97 Å². The molecule has 0 radical (unpaired) electrons. The number of rotatable bonds is 22. The van der Waals surface area contributed by atoms with Crippen LogP contribution < -0.4 is 0 Å². The SMILES string of the molecule is CC=C(O)C(=O)OCCC[N+](C)(C)CCCCCCCCCCCCCCCCCC. The summed E-state index contributed by atoms with van der Waals surface area (Å²) in [7, 11) is 4.49. The molecule has 4 nitrogen and oxygen atoms in total. The first-order valence-corrected chi connectivity index (χ1v) is 13.3. The van der Waals surface area contributed by atoms with Gasteiger partial charge in [-0.2, -0.15) is 0 Å². The first-order chi connectivity index (χ1) is 14.9. The molecule has 0 atom stereocenters. The number of unbranched alkanes of at least 4 members (excludes halogenated alkanes) is 15. The number of aliphatic hydroxyl groups excluding tert-OH is 1. The Bertz CT molecular complexity index is 446. The molecule has 0 bridgehead atoms. The molecular weight excluding hydrogens is 386 g/mol. The van der Waals surface area contributed by atoms with Crippen LogP contribution in [0.3, 0.4) is 0 Å². The predicted octanol–water partition coefficient (Wildman–Crippen LogP) is 7.72. The molecule has 0 amide bonds. The van der Waals surface area contributed by atoms with Gasteiger partial charge >= 0.3 is 5.97 Å². The molecule has 31 heavy (non-hydrogen) atoms. The van der Waals surface area contributed by atoms with Gasteiger partial charge in [0.05, 0.1) is 33.8 Å². The lowest BCUT2D eigenvalue weighted by Gasteiger charge is -2.29. The van der Waals surface area contributed by atoms with Gasteiger partial charge in [0, 0.05) is 6.42 Å². The second kappa shape index (κ2) is 20.8. The van der Waals surface area contributed by atoms with Crippen molar-refractivity contribution in [3.05, 3.63) is 11.8 Å². The molecule has 0 spiro atoms. The van der Waals surface area contributed by atoms with Gasteiger partial charge in [0.15, 0.2) is 5.76 Å². The van der Waals surface area contributed by atoms with Crippen LogP contribution in [0, 0.1) is 0 Å². The molecule has 0 rings (SSSR count). The molecule has 0 aromatic carbocycles. The molecule has 184 valence electrons.